The van der Waals surface area contributed by atoms with Gasteiger partial charge in [0.15, 0.2) is 0 Å². The molecule has 0 unspecified atom stereocenters. The SMILES string of the molecule is CCN(CC(=O)Nc1ccc(C(F)(F)F)cc1)S(=O)(=O)c1ccc(C)cc1. The minimum atomic E-state index is -4.47. The Morgan fingerprint density at radius 1 is 1.04 bits per heavy atom. The fraction of sp³-hybridized carbons (Fsp3) is 0.278. The van der Waals surface area contributed by atoms with Gasteiger partial charge < -0.3 is 5.32 Å². The van der Waals surface area contributed by atoms with E-state index < -0.39 is 34.2 Å². The number of alkyl halides is 3. The Bertz CT molecular complexity index is 893. The Kier molecular flexibility index (Phi) is 6.27. The zero-order chi connectivity index (χ0) is 20.2. The van der Waals surface area contributed by atoms with Crippen LogP contribution in [0.25, 0.3) is 0 Å². The van der Waals surface area contributed by atoms with Gasteiger partial charge in [0.1, 0.15) is 0 Å². The van der Waals surface area contributed by atoms with Crippen LogP contribution in [-0.4, -0.2) is 31.7 Å². The van der Waals surface area contributed by atoms with Crippen molar-refractivity contribution < 1.29 is 26.4 Å². The van der Waals surface area contributed by atoms with Gasteiger partial charge in [-0.1, -0.05) is 24.6 Å². The third-order valence-electron chi connectivity index (χ3n) is 3.83. The van der Waals surface area contributed by atoms with Crippen LogP contribution in [-0.2, 0) is 21.0 Å². The Labute approximate surface area is 155 Å². The van der Waals surface area contributed by atoms with Gasteiger partial charge in [0.05, 0.1) is 17.0 Å². The molecular formula is C18H19F3N2O3S. The van der Waals surface area contributed by atoms with Gasteiger partial charge in [-0.2, -0.15) is 17.5 Å². The Morgan fingerprint density at radius 3 is 2.07 bits per heavy atom. The predicted molar refractivity (Wildman–Crippen MR) is 95.7 cm³/mol. The molecule has 0 aliphatic rings. The topological polar surface area (TPSA) is 66.5 Å². The van der Waals surface area contributed by atoms with E-state index in [9.17, 15) is 26.4 Å². The second-order valence-corrected chi connectivity index (χ2v) is 7.81. The molecular weight excluding hydrogens is 381 g/mol. The molecule has 146 valence electrons. The summed E-state index contributed by atoms with van der Waals surface area (Å²) in [5.74, 6) is -0.646. The van der Waals surface area contributed by atoms with Crippen LogP contribution in [0.3, 0.4) is 0 Å². The number of likely N-dealkylation sites (N-methyl/N-ethyl adjacent to an activating group) is 1. The smallest absolute Gasteiger partial charge is 0.325 e. The van der Waals surface area contributed by atoms with Gasteiger partial charge in [-0.05, 0) is 43.3 Å². The summed E-state index contributed by atoms with van der Waals surface area (Å²) in [5, 5.41) is 2.41. The lowest BCUT2D eigenvalue weighted by molar-refractivity contribution is -0.137. The molecule has 0 aromatic heterocycles. The molecule has 0 spiro atoms. The van der Waals surface area contributed by atoms with Gasteiger partial charge in [0.2, 0.25) is 15.9 Å². The first-order valence-electron chi connectivity index (χ1n) is 8.08. The lowest BCUT2D eigenvalue weighted by Crippen LogP contribution is -2.37. The molecule has 2 aromatic rings. The lowest BCUT2D eigenvalue weighted by Gasteiger charge is -2.20. The van der Waals surface area contributed by atoms with Crippen molar-refractivity contribution in [2.45, 2.75) is 24.9 Å². The molecule has 0 aliphatic heterocycles. The number of rotatable bonds is 6. The normalized spacial score (nSPS) is 12.2. The summed E-state index contributed by atoms with van der Waals surface area (Å²) in [6, 6.07) is 10.2. The highest BCUT2D eigenvalue weighted by molar-refractivity contribution is 7.89. The molecule has 1 N–H and O–H groups in total. The van der Waals surface area contributed by atoms with Crippen molar-refractivity contribution in [3.05, 3.63) is 59.7 Å². The molecule has 0 saturated heterocycles. The number of halogens is 3. The highest BCUT2D eigenvalue weighted by atomic mass is 32.2. The van der Waals surface area contributed by atoms with Crippen molar-refractivity contribution in [1.82, 2.24) is 4.31 Å². The van der Waals surface area contributed by atoms with Gasteiger partial charge in [-0.15, -0.1) is 0 Å². The standard InChI is InChI=1S/C18H19F3N2O3S/c1-3-23(27(25,26)16-10-4-13(2)5-11-16)12-17(24)22-15-8-6-14(7-9-15)18(19,20)21/h4-11H,3,12H2,1-2H3,(H,22,24). The number of nitrogens with zero attached hydrogens (tertiary/aromatic N) is 1. The van der Waals surface area contributed by atoms with Gasteiger partial charge in [-0.25, -0.2) is 8.42 Å². The van der Waals surface area contributed by atoms with Crippen molar-refractivity contribution in [1.29, 1.82) is 0 Å². The first-order chi connectivity index (χ1) is 12.5. The van der Waals surface area contributed by atoms with Crippen LogP contribution in [0.15, 0.2) is 53.4 Å². The maximum atomic E-state index is 12.6. The van der Waals surface area contributed by atoms with E-state index >= 15 is 0 Å². The third kappa shape index (κ3) is 5.30. The summed E-state index contributed by atoms with van der Waals surface area (Å²) in [4.78, 5) is 12.2. The number of hydrogen-bond donors (Lipinski definition) is 1. The molecule has 0 bridgehead atoms. The van der Waals surface area contributed by atoms with Gasteiger partial charge in [0.25, 0.3) is 0 Å². The molecule has 0 atom stereocenters. The van der Waals surface area contributed by atoms with Crippen LogP contribution < -0.4 is 5.32 Å². The predicted octanol–water partition coefficient (Wildman–Crippen LogP) is 3.66. The van der Waals surface area contributed by atoms with Crippen molar-refractivity contribution in [3.63, 3.8) is 0 Å². The third-order valence-corrected chi connectivity index (χ3v) is 5.76. The van der Waals surface area contributed by atoms with E-state index in [-0.39, 0.29) is 17.1 Å². The number of carbonyl (C=O) groups is 1. The van der Waals surface area contributed by atoms with Gasteiger partial charge in [-0.3, -0.25) is 4.79 Å². The molecule has 27 heavy (non-hydrogen) atoms. The average Bonchev–Trinajstić information content (AvgIpc) is 2.59. The molecule has 0 saturated carbocycles. The molecule has 0 radical (unpaired) electrons. The van der Waals surface area contributed by atoms with Crippen LogP contribution in [0, 0.1) is 6.92 Å². The number of sulfonamides is 1. The molecule has 9 heteroatoms. The first kappa shape index (κ1) is 20.9. The van der Waals surface area contributed by atoms with Gasteiger partial charge in [0, 0.05) is 12.2 Å². The zero-order valence-corrected chi connectivity index (χ0v) is 15.6. The summed E-state index contributed by atoms with van der Waals surface area (Å²) in [6.45, 7) is 3.03. The van der Waals surface area contributed by atoms with Crippen molar-refractivity contribution in [3.8, 4) is 0 Å². The monoisotopic (exact) mass is 400 g/mol. The van der Waals surface area contributed by atoms with E-state index in [4.69, 9.17) is 0 Å². The quantitative estimate of drug-likeness (QED) is 0.805. The zero-order valence-electron chi connectivity index (χ0n) is 14.7. The molecule has 1 amide bonds. The first-order valence-corrected chi connectivity index (χ1v) is 9.52. The van der Waals surface area contributed by atoms with Crippen molar-refractivity contribution in [2.24, 2.45) is 0 Å². The second-order valence-electron chi connectivity index (χ2n) is 5.87. The average molecular weight is 400 g/mol. The van der Waals surface area contributed by atoms with Crippen LogP contribution in [0.2, 0.25) is 0 Å². The van der Waals surface area contributed by atoms with Crippen LogP contribution in [0.5, 0.6) is 0 Å². The Hall–Kier alpha value is -2.39. The fourth-order valence-electron chi connectivity index (χ4n) is 2.33. The number of anilines is 1. The largest absolute Gasteiger partial charge is 0.416 e. The van der Waals surface area contributed by atoms with E-state index in [1.165, 1.54) is 12.1 Å². The second kappa shape index (κ2) is 8.10. The van der Waals surface area contributed by atoms with E-state index in [0.717, 1.165) is 34.1 Å². The molecule has 0 fully saturated rings. The van der Waals surface area contributed by atoms with Crippen LogP contribution in [0.1, 0.15) is 18.1 Å². The highest BCUT2D eigenvalue weighted by Gasteiger charge is 2.30. The molecule has 0 aliphatic carbocycles. The van der Waals surface area contributed by atoms with E-state index in [0.29, 0.717) is 0 Å². The Balaban J connectivity index is 2.09. The molecule has 2 aromatic carbocycles. The maximum absolute atomic E-state index is 12.6. The summed E-state index contributed by atoms with van der Waals surface area (Å²) in [6.07, 6.45) is -4.47. The van der Waals surface area contributed by atoms with E-state index in [1.54, 1.807) is 19.1 Å². The van der Waals surface area contributed by atoms with Crippen LogP contribution in [0.4, 0.5) is 18.9 Å². The number of benzene rings is 2. The van der Waals surface area contributed by atoms with Crippen molar-refractivity contribution in [2.75, 3.05) is 18.4 Å². The summed E-state index contributed by atoms with van der Waals surface area (Å²) in [5.41, 5.74) is 0.214. The van der Waals surface area contributed by atoms with Crippen molar-refractivity contribution >= 4 is 21.6 Å². The summed E-state index contributed by atoms with van der Waals surface area (Å²) < 4.78 is 63.9. The molecule has 5 nitrogen and oxygen atoms in total. The van der Waals surface area contributed by atoms with Gasteiger partial charge >= 0.3 is 6.18 Å². The highest BCUT2D eigenvalue weighted by Crippen LogP contribution is 2.29. The number of aryl methyl sites for hydroxylation is 1. The van der Waals surface area contributed by atoms with E-state index in [2.05, 4.69) is 5.32 Å². The number of nitrogens with one attached hydrogen (secondary N) is 1. The Morgan fingerprint density at radius 2 is 1.59 bits per heavy atom. The molecule has 2 rings (SSSR count). The van der Waals surface area contributed by atoms with Crippen LogP contribution >= 0.6 is 0 Å². The summed E-state index contributed by atoms with van der Waals surface area (Å²) >= 11 is 0. The fourth-order valence-corrected chi connectivity index (χ4v) is 3.73. The van der Waals surface area contributed by atoms with E-state index in [1.807, 2.05) is 6.92 Å². The summed E-state index contributed by atoms with van der Waals surface area (Å²) in [7, 11) is -3.86. The number of amides is 1. The number of hydrogen-bond acceptors (Lipinski definition) is 3. The minimum Gasteiger partial charge on any atom is -0.325 e. The maximum Gasteiger partial charge on any atom is 0.416 e. The minimum absolute atomic E-state index is 0.0661. The molecule has 0 heterocycles. The number of carbonyl (C=O) groups excluding carboxylic acids is 1. The lowest BCUT2D eigenvalue weighted by atomic mass is 10.2.